The third kappa shape index (κ3) is 4.54. The maximum Gasteiger partial charge on any atom is 0.243 e. The summed E-state index contributed by atoms with van der Waals surface area (Å²) in [5, 5.41) is 3.01. The van der Waals surface area contributed by atoms with Crippen molar-refractivity contribution in [2.24, 2.45) is 5.92 Å². The van der Waals surface area contributed by atoms with Crippen LogP contribution in [0.2, 0.25) is 0 Å². The lowest BCUT2D eigenvalue weighted by atomic mass is 9.98. The average molecular weight is 415 g/mol. The fourth-order valence-corrected chi connectivity index (χ4v) is 6.20. The summed E-state index contributed by atoms with van der Waals surface area (Å²) < 4.78 is 28.2. The van der Waals surface area contributed by atoms with Gasteiger partial charge in [-0.3, -0.25) is 4.79 Å². The van der Waals surface area contributed by atoms with Gasteiger partial charge in [0.2, 0.25) is 15.9 Å². The number of hydrogen-bond donors (Lipinski definition) is 1. The van der Waals surface area contributed by atoms with E-state index >= 15 is 0 Å². The number of rotatable bonds is 5. The van der Waals surface area contributed by atoms with E-state index in [0.717, 1.165) is 34.4 Å². The van der Waals surface area contributed by atoms with Crippen LogP contribution in [0.25, 0.3) is 0 Å². The molecule has 1 N–H and O–H groups in total. The Morgan fingerprint density at radius 3 is 2.45 bits per heavy atom. The molecule has 1 fully saturated rings. The van der Waals surface area contributed by atoms with E-state index in [-0.39, 0.29) is 18.4 Å². The molecule has 1 heterocycles. The van der Waals surface area contributed by atoms with Crippen LogP contribution in [-0.2, 0) is 21.2 Å². The van der Waals surface area contributed by atoms with Gasteiger partial charge in [0, 0.05) is 18.8 Å². The fraction of sp³-hybridized carbons (Fsp3) is 0.435. The molecule has 1 amide bonds. The molecule has 29 heavy (non-hydrogen) atoms. The van der Waals surface area contributed by atoms with Gasteiger partial charge < -0.3 is 5.32 Å². The number of aryl methyl sites for hydroxylation is 4. The van der Waals surface area contributed by atoms with Crippen LogP contribution in [0, 0.1) is 26.7 Å². The summed E-state index contributed by atoms with van der Waals surface area (Å²) in [6, 6.07) is 11.5. The van der Waals surface area contributed by atoms with Crippen molar-refractivity contribution < 1.29 is 13.2 Å². The Bertz CT molecular complexity index is 992. The molecule has 0 radical (unpaired) electrons. The van der Waals surface area contributed by atoms with E-state index in [1.165, 1.54) is 4.31 Å². The van der Waals surface area contributed by atoms with Gasteiger partial charge in [0.1, 0.15) is 0 Å². The van der Waals surface area contributed by atoms with E-state index < -0.39 is 10.0 Å². The van der Waals surface area contributed by atoms with Gasteiger partial charge in [-0.1, -0.05) is 42.8 Å². The monoisotopic (exact) mass is 414 g/mol. The van der Waals surface area contributed by atoms with Crippen molar-refractivity contribution >= 4 is 21.6 Å². The first-order valence-corrected chi connectivity index (χ1v) is 11.6. The van der Waals surface area contributed by atoms with Gasteiger partial charge in [0.05, 0.1) is 10.8 Å². The van der Waals surface area contributed by atoms with Crippen LogP contribution in [0.15, 0.2) is 41.3 Å². The molecule has 0 bridgehead atoms. The van der Waals surface area contributed by atoms with Crippen molar-refractivity contribution in [3.63, 3.8) is 0 Å². The van der Waals surface area contributed by atoms with Gasteiger partial charge in [0.15, 0.2) is 0 Å². The highest BCUT2D eigenvalue weighted by Gasteiger charge is 2.35. The Morgan fingerprint density at radius 2 is 1.79 bits per heavy atom. The number of nitrogens with zero attached hydrogens (tertiary/aromatic N) is 1. The Morgan fingerprint density at radius 1 is 1.14 bits per heavy atom. The maximum absolute atomic E-state index is 13.4. The highest BCUT2D eigenvalue weighted by atomic mass is 32.2. The molecule has 1 aliphatic rings. The van der Waals surface area contributed by atoms with Gasteiger partial charge in [-0.2, -0.15) is 4.31 Å². The number of benzene rings is 2. The van der Waals surface area contributed by atoms with E-state index in [9.17, 15) is 13.2 Å². The minimum Gasteiger partial charge on any atom is -0.326 e. The number of nitrogens with one attached hydrogen (secondary N) is 1. The first-order valence-electron chi connectivity index (χ1n) is 10.2. The maximum atomic E-state index is 13.4. The Kier molecular flexibility index (Phi) is 6.44. The fourth-order valence-electron chi connectivity index (χ4n) is 4.26. The lowest BCUT2D eigenvalue weighted by Crippen LogP contribution is -2.44. The second-order valence-corrected chi connectivity index (χ2v) is 9.80. The minimum atomic E-state index is -3.64. The van der Waals surface area contributed by atoms with Gasteiger partial charge >= 0.3 is 0 Å². The molecule has 0 unspecified atom stereocenters. The highest BCUT2D eigenvalue weighted by molar-refractivity contribution is 7.89. The van der Waals surface area contributed by atoms with Crippen LogP contribution in [0.4, 0.5) is 5.69 Å². The number of sulfonamides is 1. The average Bonchev–Trinajstić information content (AvgIpc) is 2.67. The SMILES string of the molecule is CCc1ccccc1NC(=O)[C@@H]1CCCN(S(=O)(=O)c2c(C)cc(C)cc2C)C1. The summed E-state index contributed by atoms with van der Waals surface area (Å²) >= 11 is 0. The van der Waals surface area contributed by atoms with Gasteiger partial charge in [-0.15, -0.1) is 0 Å². The molecule has 1 saturated heterocycles. The van der Waals surface area contributed by atoms with Crippen LogP contribution < -0.4 is 5.32 Å². The van der Waals surface area contributed by atoms with Crippen molar-refractivity contribution in [3.05, 3.63) is 58.7 Å². The Hall–Kier alpha value is -2.18. The van der Waals surface area contributed by atoms with Gasteiger partial charge in [-0.05, 0) is 62.8 Å². The molecule has 3 rings (SSSR count). The molecular formula is C23H30N2O3S. The van der Waals surface area contributed by atoms with Crippen LogP contribution >= 0.6 is 0 Å². The number of para-hydroxylation sites is 1. The normalized spacial score (nSPS) is 17.9. The number of carbonyl (C=O) groups is 1. The molecule has 1 aliphatic heterocycles. The second kappa shape index (κ2) is 8.67. The van der Waals surface area contributed by atoms with Crippen molar-refractivity contribution in [1.29, 1.82) is 0 Å². The molecule has 1 atom stereocenters. The third-order valence-corrected chi connectivity index (χ3v) is 7.78. The molecule has 156 valence electrons. The molecule has 5 nitrogen and oxygen atoms in total. The number of anilines is 1. The summed E-state index contributed by atoms with van der Waals surface area (Å²) in [5.74, 6) is -0.461. The van der Waals surface area contributed by atoms with Crippen LogP contribution in [0.5, 0.6) is 0 Å². The van der Waals surface area contributed by atoms with Crippen molar-refractivity contribution in [2.45, 2.75) is 51.9 Å². The van der Waals surface area contributed by atoms with Crippen molar-refractivity contribution in [1.82, 2.24) is 4.31 Å². The smallest absolute Gasteiger partial charge is 0.243 e. The van der Waals surface area contributed by atoms with E-state index in [0.29, 0.717) is 24.3 Å². The van der Waals surface area contributed by atoms with E-state index in [2.05, 4.69) is 5.32 Å². The Labute approximate surface area is 174 Å². The molecular weight excluding hydrogens is 384 g/mol. The van der Waals surface area contributed by atoms with Crippen LogP contribution in [0.3, 0.4) is 0 Å². The standard InChI is InChI=1S/C23H30N2O3S/c1-5-19-9-6-7-11-21(19)24-23(26)20-10-8-12-25(15-20)29(27,28)22-17(3)13-16(2)14-18(22)4/h6-7,9,11,13-14,20H,5,8,10,12,15H2,1-4H3,(H,24,26)/t20-/m1/s1. The lowest BCUT2D eigenvalue weighted by Gasteiger charge is -2.32. The third-order valence-electron chi connectivity index (χ3n) is 5.61. The number of hydrogen-bond acceptors (Lipinski definition) is 3. The first-order chi connectivity index (χ1) is 13.7. The van der Waals surface area contributed by atoms with Crippen LogP contribution in [0.1, 0.15) is 42.0 Å². The number of amides is 1. The summed E-state index contributed by atoms with van der Waals surface area (Å²) in [4.78, 5) is 13.3. The zero-order valence-corrected chi connectivity index (χ0v) is 18.5. The predicted octanol–water partition coefficient (Wildman–Crippen LogP) is 4.21. The van der Waals surface area contributed by atoms with E-state index in [1.807, 2.05) is 64.1 Å². The highest BCUT2D eigenvalue weighted by Crippen LogP contribution is 2.29. The van der Waals surface area contributed by atoms with E-state index in [1.54, 1.807) is 0 Å². The summed E-state index contributed by atoms with van der Waals surface area (Å²) in [5.41, 5.74) is 4.44. The summed E-state index contributed by atoms with van der Waals surface area (Å²) in [6.07, 6.45) is 2.20. The molecule has 0 spiro atoms. The summed E-state index contributed by atoms with van der Waals surface area (Å²) in [6.45, 7) is 8.35. The lowest BCUT2D eigenvalue weighted by molar-refractivity contribution is -0.120. The topological polar surface area (TPSA) is 66.5 Å². The quantitative estimate of drug-likeness (QED) is 0.797. The molecule has 6 heteroatoms. The zero-order valence-electron chi connectivity index (χ0n) is 17.7. The zero-order chi connectivity index (χ0) is 21.2. The molecule has 0 aliphatic carbocycles. The number of carbonyl (C=O) groups excluding carboxylic acids is 1. The first kappa shape index (κ1) is 21.5. The minimum absolute atomic E-state index is 0.108. The number of piperidine rings is 1. The predicted molar refractivity (Wildman–Crippen MR) is 117 cm³/mol. The molecule has 0 saturated carbocycles. The molecule has 0 aromatic heterocycles. The largest absolute Gasteiger partial charge is 0.326 e. The van der Waals surface area contributed by atoms with Crippen LogP contribution in [-0.4, -0.2) is 31.7 Å². The van der Waals surface area contributed by atoms with Crippen molar-refractivity contribution in [2.75, 3.05) is 18.4 Å². The molecule has 2 aromatic carbocycles. The van der Waals surface area contributed by atoms with Gasteiger partial charge in [0.25, 0.3) is 0 Å². The molecule has 2 aromatic rings. The second-order valence-electron chi connectivity index (χ2n) is 7.93. The van der Waals surface area contributed by atoms with E-state index in [4.69, 9.17) is 0 Å². The van der Waals surface area contributed by atoms with Crippen molar-refractivity contribution in [3.8, 4) is 0 Å². The Balaban J connectivity index is 1.81. The van der Waals surface area contributed by atoms with Gasteiger partial charge in [-0.25, -0.2) is 8.42 Å². The summed E-state index contributed by atoms with van der Waals surface area (Å²) in [7, 11) is -3.64.